The van der Waals surface area contributed by atoms with Crippen molar-refractivity contribution in [3.8, 4) is 0 Å². The largest absolute Gasteiger partial charge is 0.338 e. The Kier molecular flexibility index (Phi) is 6.21. The van der Waals surface area contributed by atoms with Crippen LogP contribution in [0.15, 0.2) is 12.4 Å². The molecule has 1 aromatic rings. The minimum atomic E-state index is 0.525. The molecule has 1 aliphatic heterocycles. The second kappa shape index (κ2) is 7.92. The molecule has 0 bridgehead atoms. The highest BCUT2D eigenvalue weighted by Crippen LogP contribution is 2.14. The molecule has 0 aromatic carbocycles. The van der Waals surface area contributed by atoms with Gasteiger partial charge in [0.05, 0.1) is 0 Å². The first-order valence-electron chi connectivity index (χ1n) is 8.20. The van der Waals surface area contributed by atoms with Crippen molar-refractivity contribution >= 4 is 0 Å². The van der Waals surface area contributed by atoms with Gasteiger partial charge in [-0.1, -0.05) is 6.92 Å². The van der Waals surface area contributed by atoms with Gasteiger partial charge in [-0.3, -0.25) is 0 Å². The first-order valence-corrected chi connectivity index (χ1v) is 8.20. The number of nitrogens with one attached hydrogen (secondary N) is 1. The lowest BCUT2D eigenvalue weighted by molar-refractivity contribution is 0.173. The molecule has 120 valence electrons. The Morgan fingerprint density at radius 1 is 1.33 bits per heavy atom. The standard InChI is InChI=1S/C16H31N5/c1-5-17-14(7-8-16-18-9-12-21(16)4)15-13-19(2)10-6-11-20(15)3/h9,12,14-15,17H,5-8,10-11,13H2,1-4H3. The molecule has 0 aliphatic carbocycles. The molecule has 0 spiro atoms. The minimum Gasteiger partial charge on any atom is -0.338 e. The number of nitrogens with zero attached hydrogens (tertiary/aromatic N) is 4. The highest BCUT2D eigenvalue weighted by Gasteiger charge is 2.27. The quantitative estimate of drug-likeness (QED) is 0.848. The van der Waals surface area contributed by atoms with Crippen LogP contribution in [-0.2, 0) is 13.5 Å². The van der Waals surface area contributed by atoms with E-state index in [9.17, 15) is 0 Å². The SMILES string of the molecule is CCNC(CCc1nccn1C)C1CN(C)CCCN1C. The lowest BCUT2D eigenvalue weighted by Crippen LogP contribution is -2.52. The number of hydrogen-bond acceptors (Lipinski definition) is 4. The zero-order valence-electron chi connectivity index (χ0n) is 14.0. The van der Waals surface area contributed by atoms with E-state index in [-0.39, 0.29) is 0 Å². The van der Waals surface area contributed by atoms with Crippen LogP contribution in [0.4, 0.5) is 0 Å². The van der Waals surface area contributed by atoms with Crippen LogP contribution in [0.25, 0.3) is 0 Å². The summed E-state index contributed by atoms with van der Waals surface area (Å²) >= 11 is 0. The van der Waals surface area contributed by atoms with Gasteiger partial charge in [-0.25, -0.2) is 4.98 Å². The van der Waals surface area contributed by atoms with E-state index in [2.05, 4.69) is 52.7 Å². The summed E-state index contributed by atoms with van der Waals surface area (Å²) in [6.07, 6.45) is 7.37. The molecular weight excluding hydrogens is 262 g/mol. The highest BCUT2D eigenvalue weighted by atomic mass is 15.2. The molecule has 1 N–H and O–H groups in total. The summed E-state index contributed by atoms with van der Waals surface area (Å²) in [5.74, 6) is 1.18. The Labute approximate surface area is 129 Å². The van der Waals surface area contributed by atoms with Crippen molar-refractivity contribution in [1.29, 1.82) is 0 Å². The van der Waals surface area contributed by atoms with Crippen LogP contribution in [0.1, 0.15) is 25.6 Å². The van der Waals surface area contributed by atoms with Crippen molar-refractivity contribution in [2.24, 2.45) is 7.05 Å². The zero-order valence-corrected chi connectivity index (χ0v) is 14.0. The van der Waals surface area contributed by atoms with Gasteiger partial charge in [-0.15, -0.1) is 0 Å². The first kappa shape index (κ1) is 16.5. The Bertz CT molecular complexity index is 417. The summed E-state index contributed by atoms with van der Waals surface area (Å²) in [4.78, 5) is 9.47. The summed E-state index contributed by atoms with van der Waals surface area (Å²) in [7, 11) is 6.60. The van der Waals surface area contributed by atoms with E-state index in [1.54, 1.807) is 0 Å². The summed E-state index contributed by atoms with van der Waals surface area (Å²) in [6.45, 7) is 6.78. The van der Waals surface area contributed by atoms with Crippen LogP contribution in [0.5, 0.6) is 0 Å². The van der Waals surface area contributed by atoms with E-state index >= 15 is 0 Å². The first-order chi connectivity index (χ1) is 10.1. The molecule has 5 heteroatoms. The van der Waals surface area contributed by atoms with E-state index in [1.165, 1.54) is 25.3 Å². The van der Waals surface area contributed by atoms with Crippen molar-refractivity contribution in [3.05, 3.63) is 18.2 Å². The van der Waals surface area contributed by atoms with Gasteiger partial charge >= 0.3 is 0 Å². The van der Waals surface area contributed by atoms with E-state index in [0.717, 1.165) is 25.9 Å². The lowest BCUT2D eigenvalue weighted by atomic mass is 10.0. The molecule has 21 heavy (non-hydrogen) atoms. The van der Waals surface area contributed by atoms with Crippen molar-refractivity contribution in [1.82, 2.24) is 24.7 Å². The Morgan fingerprint density at radius 3 is 2.81 bits per heavy atom. The van der Waals surface area contributed by atoms with Gasteiger partial charge in [0, 0.05) is 44.5 Å². The number of imidazole rings is 1. The molecule has 0 saturated carbocycles. The van der Waals surface area contributed by atoms with E-state index < -0.39 is 0 Å². The molecule has 0 radical (unpaired) electrons. The zero-order chi connectivity index (χ0) is 15.2. The van der Waals surface area contributed by atoms with Crippen molar-refractivity contribution in [2.75, 3.05) is 40.3 Å². The Balaban J connectivity index is 2.00. The fourth-order valence-electron chi connectivity index (χ4n) is 3.35. The normalized spacial score (nSPS) is 23.1. The fraction of sp³-hybridized carbons (Fsp3) is 0.812. The molecule has 2 atom stereocenters. The molecule has 5 nitrogen and oxygen atoms in total. The Morgan fingerprint density at radius 2 is 2.14 bits per heavy atom. The van der Waals surface area contributed by atoms with Crippen LogP contribution in [0.3, 0.4) is 0 Å². The Hall–Kier alpha value is -0.910. The predicted octanol–water partition coefficient (Wildman–Crippen LogP) is 0.967. The number of aryl methyl sites for hydroxylation is 2. The summed E-state index contributed by atoms with van der Waals surface area (Å²) in [6, 6.07) is 1.11. The number of rotatable bonds is 6. The number of likely N-dealkylation sites (N-methyl/N-ethyl adjacent to an activating group) is 3. The van der Waals surface area contributed by atoms with Crippen LogP contribution >= 0.6 is 0 Å². The van der Waals surface area contributed by atoms with Crippen molar-refractivity contribution in [2.45, 2.75) is 38.3 Å². The lowest BCUT2D eigenvalue weighted by Gasteiger charge is -2.35. The van der Waals surface area contributed by atoms with Gasteiger partial charge in [-0.05, 0) is 46.6 Å². The average molecular weight is 293 g/mol. The number of hydrogen-bond donors (Lipinski definition) is 1. The minimum absolute atomic E-state index is 0.525. The van der Waals surface area contributed by atoms with Gasteiger partial charge in [0.2, 0.25) is 0 Å². The average Bonchev–Trinajstić information content (AvgIpc) is 2.78. The maximum atomic E-state index is 4.46. The van der Waals surface area contributed by atoms with Gasteiger partial charge in [0.25, 0.3) is 0 Å². The predicted molar refractivity (Wildman–Crippen MR) is 87.5 cm³/mol. The number of aromatic nitrogens is 2. The maximum absolute atomic E-state index is 4.46. The van der Waals surface area contributed by atoms with Crippen LogP contribution in [-0.4, -0.2) is 71.7 Å². The van der Waals surface area contributed by atoms with Crippen LogP contribution in [0.2, 0.25) is 0 Å². The third kappa shape index (κ3) is 4.53. The van der Waals surface area contributed by atoms with Gasteiger partial charge < -0.3 is 19.7 Å². The van der Waals surface area contributed by atoms with E-state index in [0.29, 0.717) is 12.1 Å². The highest BCUT2D eigenvalue weighted by molar-refractivity contribution is 4.95. The fourth-order valence-corrected chi connectivity index (χ4v) is 3.35. The van der Waals surface area contributed by atoms with Gasteiger partial charge in [0.15, 0.2) is 0 Å². The van der Waals surface area contributed by atoms with Crippen LogP contribution < -0.4 is 5.32 Å². The molecule has 0 amide bonds. The smallest absolute Gasteiger partial charge is 0.108 e. The summed E-state index contributed by atoms with van der Waals surface area (Å²) < 4.78 is 2.13. The summed E-state index contributed by atoms with van der Waals surface area (Å²) in [5, 5.41) is 3.71. The van der Waals surface area contributed by atoms with Crippen molar-refractivity contribution in [3.63, 3.8) is 0 Å². The topological polar surface area (TPSA) is 36.3 Å². The molecule has 2 rings (SSSR count). The monoisotopic (exact) mass is 293 g/mol. The molecule has 2 unspecified atom stereocenters. The third-order valence-electron chi connectivity index (χ3n) is 4.65. The van der Waals surface area contributed by atoms with Gasteiger partial charge in [0.1, 0.15) is 5.82 Å². The molecule has 1 aromatic heterocycles. The summed E-state index contributed by atoms with van der Waals surface area (Å²) in [5.41, 5.74) is 0. The van der Waals surface area contributed by atoms with Gasteiger partial charge in [-0.2, -0.15) is 0 Å². The molecule has 1 fully saturated rings. The molecule has 1 aliphatic rings. The third-order valence-corrected chi connectivity index (χ3v) is 4.65. The molecule has 1 saturated heterocycles. The van der Waals surface area contributed by atoms with Crippen molar-refractivity contribution < 1.29 is 0 Å². The van der Waals surface area contributed by atoms with E-state index in [1.807, 2.05) is 12.4 Å². The maximum Gasteiger partial charge on any atom is 0.108 e. The molecule has 2 heterocycles. The van der Waals surface area contributed by atoms with E-state index in [4.69, 9.17) is 0 Å². The second-order valence-corrected chi connectivity index (χ2v) is 6.32. The van der Waals surface area contributed by atoms with Crippen LogP contribution in [0, 0.1) is 0 Å². The molecular formula is C16H31N5. The second-order valence-electron chi connectivity index (χ2n) is 6.32.